The molecule has 0 aromatic carbocycles. The number of amides is 1. The van der Waals surface area contributed by atoms with Crippen LogP contribution in [0.2, 0.25) is 0 Å². The Labute approximate surface area is 250 Å². The first kappa shape index (κ1) is 39.1. The van der Waals surface area contributed by atoms with Crippen LogP contribution in [0.1, 0.15) is 206 Å². The fourth-order valence-electron chi connectivity index (χ4n) is 5.64. The lowest BCUT2D eigenvalue weighted by atomic mass is 10.0. The first-order valence-corrected chi connectivity index (χ1v) is 18.1. The first-order valence-electron chi connectivity index (χ1n) is 18.1. The lowest BCUT2D eigenvalue weighted by Crippen LogP contribution is -2.43. The minimum Gasteiger partial charge on any atom is -0.394 e. The van der Waals surface area contributed by atoms with Gasteiger partial charge in [-0.1, -0.05) is 181 Å². The zero-order chi connectivity index (χ0) is 29.4. The smallest absolute Gasteiger partial charge is 0.220 e. The van der Waals surface area contributed by atoms with Crippen molar-refractivity contribution in [3.8, 4) is 0 Å². The molecule has 0 radical (unpaired) electrons. The number of aliphatic hydroxyl groups is 1. The summed E-state index contributed by atoms with van der Waals surface area (Å²) in [5.74, 6) is -0.108. The van der Waals surface area contributed by atoms with Crippen molar-refractivity contribution in [2.45, 2.75) is 213 Å². The van der Waals surface area contributed by atoms with Gasteiger partial charge < -0.3 is 10.4 Å². The molecule has 0 aliphatic carbocycles. The van der Waals surface area contributed by atoms with Gasteiger partial charge in [-0.3, -0.25) is 9.59 Å². The summed E-state index contributed by atoms with van der Waals surface area (Å²) < 4.78 is 0. The van der Waals surface area contributed by atoms with Crippen LogP contribution in [-0.2, 0) is 9.59 Å². The normalized spacial score (nSPS) is 12.1. The highest BCUT2D eigenvalue weighted by atomic mass is 16.3. The van der Waals surface area contributed by atoms with Gasteiger partial charge in [0.1, 0.15) is 6.04 Å². The van der Waals surface area contributed by atoms with Crippen LogP contribution < -0.4 is 5.32 Å². The summed E-state index contributed by atoms with van der Waals surface area (Å²) in [6.07, 6.45) is 37.1. The van der Waals surface area contributed by atoms with E-state index in [1.165, 1.54) is 154 Å². The molecule has 0 spiro atoms. The Bertz CT molecular complexity index is 536. The second-order valence-corrected chi connectivity index (χ2v) is 12.5. The molecule has 0 fully saturated rings. The van der Waals surface area contributed by atoms with Gasteiger partial charge in [0.25, 0.3) is 0 Å². The van der Waals surface area contributed by atoms with Gasteiger partial charge in [-0.2, -0.15) is 0 Å². The first-order chi connectivity index (χ1) is 19.7. The monoisotopic (exact) mass is 566 g/mol. The molecule has 238 valence electrons. The number of hydrogen-bond acceptors (Lipinski definition) is 3. The molecule has 0 bridgehead atoms. The molecule has 40 heavy (non-hydrogen) atoms. The van der Waals surface area contributed by atoms with E-state index in [9.17, 15) is 14.7 Å². The molecule has 4 nitrogen and oxygen atoms in total. The molecule has 0 unspecified atom stereocenters. The minimum absolute atomic E-state index is 0.0181. The van der Waals surface area contributed by atoms with Gasteiger partial charge in [0.2, 0.25) is 5.91 Å². The standard InChI is InChI=1S/C36H71NO3/c1-3-5-7-9-11-13-15-17-18-20-22-24-26-28-30-32-36(40)37-34(33-38)35(39)31-29-27-25-23-21-19-16-14-12-10-8-6-4-2/h34,38H,3-33H2,1-2H3,(H,37,40)/t34-/m0/s1. The Morgan fingerprint density at radius 3 is 1.02 bits per heavy atom. The third kappa shape index (κ3) is 28.6. The van der Waals surface area contributed by atoms with E-state index in [1.807, 2.05) is 0 Å². The van der Waals surface area contributed by atoms with E-state index in [2.05, 4.69) is 19.2 Å². The molecular weight excluding hydrogens is 494 g/mol. The van der Waals surface area contributed by atoms with Crippen molar-refractivity contribution in [3.63, 3.8) is 0 Å². The van der Waals surface area contributed by atoms with Gasteiger partial charge in [0.15, 0.2) is 5.78 Å². The highest BCUT2D eigenvalue weighted by Gasteiger charge is 2.19. The number of ketones is 1. The molecule has 0 aromatic rings. The number of Topliss-reactive ketones (excluding diaryl/α,β-unsaturated/α-hetero) is 1. The number of nitrogens with one attached hydrogen (secondary N) is 1. The van der Waals surface area contributed by atoms with Crippen LogP contribution in [0.4, 0.5) is 0 Å². The van der Waals surface area contributed by atoms with E-state index in [1.54, 1.807) is 0 Å². The number of carbonyl (C=O) groups excluding carboxylic acids is 2. The van der Waals surface area contributed by atoms with Gasteiger partial charge in [-0.25, -0.2) is 0 Å². The van der Waals surface area contributed by atoms with Gasteiger partial charge >= 0.3 is 0 Å². The van der Waals surface area contributed by atoms with Crippen LogP contribution in [0.5, 0.6) is 0 Å². The largest absolute Gasteiger partial charge is 0.394 e. The number of carbonyl (C=O) groups is 2. The third-order valence-corrected chi connectivity index (χ3v) is 8.44. The maximum atomic E-state index is 12.4. The maximum Gasteiger partial charge on any atom is 0.220 e. The number of aliphatic hydroxyl groups excluding tert-OH is 1. The summed E-state index contributed by atoms with van der Waals surface area (Å²) in [6, 6.07) is -0.721. The molecule has 0 aromatic heterocycles. The molecule has 0 aliphatic heterocycles. The molecule has 0 saturated carbocycles. The van der Waals surface area contributed by atoms with Crippen molar-refractivity contribution in [1.29, 1.82) is 0 Å². The summed E-state index contributed by atoms with van der Waals surface area (Å²) in [6.45, 7) is 4.25. The van der Waals surface area contributed by atoms with Gasteiger partial charge in [-0.15, -0.1) is 0 Å². The second kappa shape index (κ2) is 32.6. The van der Waals surface area contributed by atoms with Crippen molar-refractivity contribution < 1.29 is 14.7 Å². The molecule has 1 amide bonds. The molecule has 2 N–H and O–H groups in total. The maximum absolute atomic E-state index is 12.4. The highest BCUT2D eigenvalue weighted by Crippen LogP contribution is 2.15. The Morgan fingerprint density at radius 1 is 0.450 bits per heavy atom. The van der Waals surface area contributed by atoms with Crippen molar-refractivity contribution in [2.75, 3.05) is 6.61 Å². The van der Waals surface area contributed by atoms with Crippen LogP contribution in [-0.4, -0.2) is 29.4 Å². The topological polar surface area (TPSA) is 66.4 Å². The minimum atomic E-state index is -0.721. The SMILES string of the molecule is CCCCCCCCCCCCCCCCCC(=O)N[C@@H](CO)C(=O)CCCCCCCCCCCCCCC. The van der Waals surface area contributed by atoms with Crippen LogP contribution in [0, 0.1) is 0 Å². The van der Waals surface area contributed by atoms with E-state index >= 15 is 0 Å². The highest BCUT2D eigenvalue weighted by molar-refractivity contribution is 5.89. The second-order valence-electron chi connectivity index (χ2n) is 12.5. The van der Waals surface area contributed by atoms with Crippen molar-refractivity contribution in [3.05, 3.63) is 0 Å². The molecule has 0 rings (SSSR count). The predicted molar refractivity (Wildman–Crippen MR) is 174 cm³/mol. The summed E-state index contributed by atoms with van der Waals surface area (Å²) in [5.41, 5.74) is 0. The fraction of sp³-hybridized carbons (Fsp3) is 0.944. The zero-order valence-electron chi connectivity index (χ0n) is 27.3. The summed E-state index contributed by atoms with van der Waals surface area (Å²) >= 11 is 0. The van der Waals surface area contributed by atoms with E-state index in [-0.39, 0.29) is 18.3 Å². The van der Waals surface area contributed by atoms with E-state index in [0.29, 0.717) is 12.8 Å². The molecule has 0 heterocycles. The van der Waals surface area contributed by atoms with Crippen LogP contribution >= 0.6 is 0 Å². The number of rotatable bonds is 33. The Morgan fingerprint density at radius 2 is 0.725 bits per heavy atom. The lowest BCUT2D eigenvalue weighted by Gasteiger charge is -2.15. The van der Waals surface area contributed by atoms with Crippen molar-refractivity contribution >= 4 is 11.7 Å². The van der Waals surface area contributed by atoms with Crippen LogP contribution in [0.3, 0.4) is 0 Å². The average molecular weight is 566 g/mol. The Kier molecular flexibility index (Phi) is 31.9. The summed E-state index contributed by atoms with van der Waals surface area (Å²) in [4.78, 5) is 24.7. The summed E-state index contributed by atoms with van der Waals surface area (Å²) in [5, 5.41) is 12.4. The van der Waals surface area contributed by atoms with E-state index in [0.717, 1.165) is 25.7 Å². The summed E-state index contributed by atoms with van der Waals surface area (Å²) in [7, 11) is 0. The number of unbranched alkanes of at least 4 members (excludes halogenated alkanes) is 26. The quantitative estimate of drug-likeness (QED) is 0.0778. The van der Waals surface area contributed by atoms with Crippen LogP contribution in [0.25, 0.3) is 0 Å². The van der Waals surface area contributed by atoms with Crippen molar-refractivity contribution in [1.82, 2.24) is 5.32 Å². The molecular formula is C36H71NO3. The average Bonchev–Trinajstić information content (AvgIpc) is 2.96. The predicted octanol–water partition coefficient (Wildman–Crippen LogP) is 10.8. The molecule has 1 atom stereocenters. The van der Waals surface area contributed by atoms with E-state index < -0.39 is 6.04 Å². The Balaban J connectivity index is 3.53. The zero-order valence-corrected chi connectivity index (χ0v) is 27.3. The van der Waals surface area contributed by atoms with Gasteiger partial charge in [-0.05, 0) is 12.8 Å². The van der Waals surface area contributed by atoms with Crippen LogP contribution in [0.15, 0.2) is 0 Å². The fourth-order valence-corrected chi connectivity index (χ4v) is 5.64. The van der Waals surface area contributed by atoms with Crippen molar-refractivity contribution in [2.24, 2.45) is 0 Å². The Hall–Kier alpha value is -0.900. The molecule has 0 saturated heterocycles. The third-order valence-electron chi connectivity index (χ3n) is 8.44. The number of hydrogen-bond donors (Lipinski definition) is 2. The van der Waals surface area contributed by atoms with Gasteiger partial charge in [0, 0.05) is 12.8 Å². The lowest BCUT2D eigenvalue weighted by molar-refractivity contribution is -0.128. The molecule has 4 heteroatoms. The molecule has 0 aliphatic rings. The van der Waals surface area contributed by atoms with E-state index in [4.69, 9.17) is 0 Å². The van der Waals surface area contributed by atoms with Gasteiger partial charge in [0.05, 0.1) is 6.61 Å².